The fraction of sp³-hybridized carbons (Fsp3) is 0.941. The second kappa shape index (κ2) is 5.88. The molecule has 0 saturated heterocycles. The highest BCUT2D eigenvalue weighted by Crippen LogP contribution is 2.39. The maximum Gasteiger partial charge on any atom is 0.323 e. The molecule has 0 heterocycles. The van der Waals surface area contributed by atoms with Gasteiger partial charge in [-0.3, -0.25) is 15.0 Å². The Morgan fingerprint density at radius 2 is 1.95 bits per heavy atom. The lowest BCUT2D eigenvalue weighted by Crippen LogP contribution is -2.59. The topological polar surface area (TPSA) is 52.6 Å². The van der Waals surface area contributed by atoms with Crippen molar-refractivity contribution in [3.63, 3.8) is 0 Å². The summed E-state index contributed by atoms with van der Waals surface area (Å²) in [7, 11) is 0. The predicted octanol–water partition coefficient (Wildman–Crippen LogP) is 2.62. The number of hydrogen-bond acceptors (Lipinski definition) is 3. The minimum absolute atomic E-state index is 0.455. The Morgan fingerprint density at radius 3 is 2.48 bits per heavy atom. The van der Waals surface area contributed by atoms with Gasteiger partial charge in [-0.2, -0.15) is 0 Å². The van der Waals surface area contributed by atoms with Crippen LogP contribution in [0, 0.1) is 5.92 Å². The van der Waals surface area contributed by atoms with Crippen LogP contribution >= 0.6 is 0 Å². The maximum atomic E-state index is 11.9. The molecular weight excluding hydrogens is 264 g/mol. The molecule has 3 rings (SSSR count). The molecular formula is C17H30N2O2. The van der Waals surface area contributed by atoms with Crippen LogP contribution < -0.4 is 5.32 Å². The lowest BCUT2D eigenvalue weighted by Gasteiger charge is -2.43. The van der Waals surface area contributed by atoms with Gasteiger partial charge in [0.25, 0.3) is 0 Å². The molecule has 2 atom stereocenters. The lowest BCUT2D eigenvalue weighted by atomic mass is 9.78. The van der Waals surface area contributed by atoms with Gasteiger partial charge in [0.1, 0.15) is 5.54 Å². The largest absolute Gasteiger partial charge is 0.480 e. The first-order chi connectivity index (χ1) is 10.00. The summed E-state index contributed by atoms with van der Waals surface area (Å²) in [5.74, 6) is 0.0301. The summed E-state index contributed by atoms with van der Waals surface area (Å²) >= 11 is 0. The predicted molar refractivity (Wildman–Crippen MR) is 83.3 cm³/mol. The van der Waals surface area contributed by atoms with E-state index in [9.17, 15) is 9.90 Å². The van der Waals surface area contributed by atoms with Crippen molar-refractivity contribution >= 4 is 5.97 Å². The van der Waals surface area contributed by atoms with E-state index in [1.165, 1.54) is 19.3 Å². The molecule has 0 aromatic rings. The number of hydrogen-bond donors (Lipinski definition) is 2. The average molecular weight is 294 g/mol. The van der Waals surface area contributed by atoms with Crippen LogP contribution in [0.3, 0.4) is 0 Å². The molecule has 21 heavy (non-hydrogen) atoms. The molecule has 2 unspecified atom stereocenters. The number of carboxylic acids is 1. The molecule has 4 nitrogen and oxygen atoms in total. The van der Waals surface area contributed by atoms with E-state index in [-0.39, 0.29) is 0 Å². The Morgan fingerprint density at radius 1 is 1.24 bits per heavy atom. The van der Waals surface area contributed by atoms with Crippen LogP contribution in [0.1, 0.15) is 65.2 Å². The molecule has 4 heteroatoms. The Bertz CT molecular complexity index is 390. The van der Waals surface area contributed by atoms with Crippen molar-refractivity contribution in [3.8, 4) is 0 Å². The van der Waals surface area contributed by atoms with Gasteiger partial charge in [-0.05, 0) is 57.3 Å². The van der Waals surface area contributed by atoms with E-state index in [4.69, 9.17) is 0 Å². The summed E-state index contributed by atoms with van der Waals surface area (Å²) in [6.07, 6.45) is 8.72. The first kappa shape index (κ1) is 15.3. The van der Waals surface area contributed by atoms with Crippen molar-refractivity contribution in [1.29, 1.82) is 0 Å². The van der Waals surface area contributed by atoms with Gasteiger partial charge >= 0.3 is 5.97 Å². The molecule has 0 spiro atoms. The first-order valence-electron chi connectivity index (χ1n) is 8.77. The van der Waals surface area contributed by atoms with Gasteiger partial charge in [-0.1, -0.05) is 13.8 Å². The smallest absolute Gasteiger partial charge is 0.323 e. The van der Waals surface area contributed by atoms with Crippen molar-refractivity contribution in [2.45, 2.75) is 88.9 Å². The van der Waals surface area contributed by atoms with Crippen molar-refractivity contribution in [3.05, 3.63) is 0 Å². The fourth-order valence-corrected chi connectivity index (χ4v) is 3.96. The maximum absolute atomic E-state index is 11.9. The Kier molecular flexibility index (Phi) is 4.28. The van der Waals surface area contributed by atoms with Gasteiger partial charge in [0.2, 0.25) is 0 Å². The Balaban J connectivity index is 1.71. The molecule has 2 N–H and O–H groups in total. The number of rotatable bonds is 7. The highest BCUT2D eigenvalue weighted by Gasteiger charge is 2.48. The van der Waals surface area contributed by atoms with Gasteiger partial charge in [-0.25, -0.2) is 0 Å². The van der Waals surface area contributed by atoms with Gasteiger partial charge in [-0.15, -0.1) is 0 Å². The third kappa shape index (κ3) is 3.59. The molecule has 0 amide bonds. The van der Waals surface area contributed by atoms with Crippen LogP contribution in [0.5, 0.6) is 0 Å². The highest BCUT2D eigenvalue weighted by atomic mass is 16.4. The fourth-order valence-electron chi connectivity index (χ4n) is 3.96. The van der Waals surface area contributed by atoms with E-state index < -0.39 is 11.5 Å². The van der Waals surface area contributed by atoms with E-state index in [0.717, 1.165) is 44.7 Å². The second-order valence-electron chi connectivity index (χ2n) is 7.88. The Hall–Kier alpha value is -0.610. The summed E-state index contributed by atoms with van der Waals surface area (Å²) in [5.41, 5.74) is -0.659. The van der Waals surface area contributed by atoms with Crippen LogP contribution in [0.15, 0.2) is 0 Å². The second-order valence-corrected chi connectivity index (χ2v) is 7.88. The molecule has 0 aliphatic heterocycles. The first-order valence-corrected chi connectivity index (χ1v) is 8.77. The highest BCUT2D eigenvalue weighted by molar-refractivity contribution is 5.79. The number of nitrogens with one attached hydrogen (secondary N) is 1. The molecule has 3 aliphatic carbocycles. The molecule has 120 valence electrons. The zero-order chi connectivity index (χ0) is 15.0. The van der Waals surface area contributed by atoms with Crippen LogP contribution in [0.25, 0.3) is 0 Å². The van der Waals surface area contributed by atoms with E-state index in [1.54, 1.807) is 0 Å². The quantitative estimate of drug-likeness (QED) is 0.758. The van der Waals surface area contributed by atoms with Crippen LogP contribution in [0.2, 0.25) is 0 Å². The summed E-state index contributed by atoms with van der Waals surface area (Å²) in [4.78, 5) is 14.6. The summed E-state index contributed by atoms with van der Waals surface area (Å²) in [5, 5.41) is 13.3. The van der Waals surface area contributed by atoms with Crippen LogP contribution in [-0.4, -0.2) is 46.2 Å². The number of nitrogens with zero attached hydrogens (tertiary/aromatic N) is 1. The zero-order valence-electron chi connectivity index (χ0n) is 13.5. The molecule has 3 fully saturated rings. The molecule has 0 radical (unpaired) electrons. The van der Waals surface area contributed by atoms with Gasteiger partial charge in [0.05, 0.1) is 0 Å². The summed E-state index contributed by atoms with van der Waals surface area (Å²) in [6, 6.07) is 1.64. The van der Waals surface area contributed by atoms with E-state index in [1.807, 2.05) is 0 Å². The number of carbonyl (C=O) groups is 1. The van der Waals surface area contributed by atoms with Crippen molar-refractivity contribution in [2.24, 2.45) is 5.92 Å². The average Bonchev–Trinajstić information content (AvgIpc) is 3.29. The van der Waals surface area contributed by atoms with Gasteiger partial charge < -0.3 is 5.11 Å². The van der Waals surface area contributed by atoms with Crippen molar-refractivity contribution in [2.75, 3.05) is 6.54 Å². The SMILES string of the molecule is CC(C)CN(C1CC1)C1CCCC(NC2CC2)(C(=O)O)C1. The summed E-state index contributed by atoms with van der Waals surface area (Å²) in [6.45, 7) is 5.66. The molecule has 3 saturated carbocycles. The van der Waals surface area contributed by atoms with E-state index in [2.05, 4.69) is 24.1 Å². The molecule has 0 aromatic heterocycles. The lowest BCUT2D eigenvalue weighted by molar-refractivity contribution is -0.147. The standard InChI is InChI=1S/C17H30N2O2/c1-12(2)11-19(14-7-8-14)15-4-3-9-17(10-15,16(20)21)18-13-5-6-13/h12-15,18H,3-11H2,1-2H3,(H,20,21). The molecule has 0 aromatic carbocycles. The zero-order valence-corrected chi connectivity index (χ0v) is 13.5. The Labute approximate surface area is 128 Å². The minimum atomic E-state index is -0.659. The minimum Gasteiger partial charge on any atom is -0.480 e. The monoisotopic (exact) mass is 294 g/mol. The van der Waals surface area contributed by atoms with E-state index in [0.29, 0.717) is 18.0 Å². The van der Waals surface area contributed by atoms with E-state index >= 15 is 0 Å². The van der Waals surface area contributed by atoms with Gasteiger partial charge in [0, 0.05) is 24.7 Å². The number of carboxylic acid groups (broad SMARTS) is 1. The third-order valence-corrected chi connectivity index (χ3v) is 5.25. The van der Waals surface area contributed by atoms with Crippen LogP contribution in [-0.2, 0) is 4.79 Å². The van der Waals surface area contributed by atoms with Crippen molar-refractivity contribution < 1.29 is 9.90 Å². The van der Waals surface area contributed by atoms with Crippen molar-refractivity contribution in [1.82, 2.24) is 10.2 Å². The van der Waals surface area contributed by atoms with Crippen LogP contribution in [0.4, 0.5) is 0 Å². The third-order valence-electron chi connectivity index (χ3n) is 5.25. The normalized spacial score (nSPS) is 33.6. The molecule has 0 bridgehead atoms. The summed E-state index contributed by atoms with van der Waals surface area (Å²) < 4.78 is 0. The molecule has 3 aliphatic rings. The van der Waals surface area contributed by atoms with Gasteiger partial charge in [0.15, 0.2) is 0 Å². The number of aliphatic carboxylic acids is 1.